The Bertz CT molecular complexity index is 619. The molecule has 1 aliphatic rings. The van der Waals surface area contributed by atoms with Crippen molar-refractivity contribution in [2.45, 2.75) is 26.3 Å². The number of nitrogens with zero attached hydrogens (tertiary/aromatic N) is 2. The van der Waals surface area contributed by atoms with E-state index in [4.69, 9.17) is 4.74 Å². The first-order chi connectivity index (χ1) is 10.8. The Kier molecular flexibility index (Phi) is 5.89. The summed E-state index contributed by atoms with van der Waals surface area (Å²) in [7, 11) is -0.135. The van der Waals surface area contributed by atoms with Crippen molar-refractivity contribution >= 4 is 15.9 Å². The third-order valence-electron chi connectivity index (χ3n) is 4.37. The summed E-state index contributed by atoms with van der Waals surface area (Å²) in [5, 5.41) is 0. The number of hydrogen-bond donors (Lipinski definition) is 1. The Morgan fingerprint density at radius 2 is 2.17 bits per heavy atom. The average molecular weight is 341 g/mol. The number of hydrogen-bond acceptors (Lipinski definition) is 4. The Labute approximate surface area is 139 Å². The topological polar surface area (TPSA) is 61.9 Å². The maximum Gasteiger partial charge on any atom is 0.279 e. The predicted octanol–water partition coefficient (Wildman–Crippen LogP) is 1.70. The van der Waals surface area contributed by atoms with Gasteiger partial charge in [-0.25, -0.2) is 4.72 Å². The lowest BCUT2D eigenvalue weighted by Crippen LogP contribution is -2.43. The molecular formula is C16H27N3O3S. The fourth-order valence-electron chi connectivity index (χ4n) is 2.64. The zero-order chi connectivity index (χ0) is 17.0. The summed E-state index contributed by atoms with van der Waals surface area (Å²) in [6, 6.07) is 7.92. The second-order valence-electron chi connectivity index (χ2n) is 6.27. The van der Waals surface area contributed by atoms with Crippen molar-refractivity contribution in [3.05, 3.63) is 24.3 Å². The van der Waals surface area contributed by atoms with E-state index in [1.54, 1.807) is 14.2 Å². The molecule has 0 aromatic heterocycles. The molecule has 1 aromatic carbocycles. The summed E-state index contributed by atoms with van der Waals surface area (Å²) in [6.45, 7) is 5.97. The normalized spacial score (nSPS) is 18.9. The van der Waals surface area contributed by atoms with Crippen LogP contribution in [0.5, 0.6) is 5.75 Å². The molecule has 2 rings (SSSR count). The minimum atomic E-state index is -3.39. The fourth-order valence-corrected chi connectivity index (χ4v) is 3.85. The SMILES string of the molecule is COc1cccc(N2CC[C@@H](CNS(=O)(=O)N(C)C(C)C)C2)c1. The molecule has 23 heavy (non-hydrogen) atoms. The number of ether oxygens (including phenoxy) is 1. The smallest absolute Gasteiger partial charge is 0.279 e. The highest BCUT2D eigenvalue weighted by Gasteiger charge is 2.26. The molecule has 0 saturated carbocycles. The van der Waals surface area contributed by atoms with Gasteiger partial charge in [0, 0.05) is 44.5 Å². The Hall–Kier alpha value is -1.31. The summed E-state index contributed by atoms with van der Waals surface area (Å²) in [6.07, 6.45) is 0.977. The molecule has 1 N–H and O–H groups in total. The van der Waals surface area contributed by atoms with E-state index in [9.17, 15) is 8.42 Å². The van der Waals surface area contributed by atoms with E-state index in [0.29, 0.717) is 12.5 Å². The third kappa shape index (κ3) is 4.59. The second-order valence-corrected chi connectivity index (χ2v) is 8.08. The van der Waals surface area contributed by atoms with Crippen LogP contribution in [0.3, 0.4) is 0 Å². The molecule has 130 valence electrons. The van der Waals surface area contributed by atoms with Gasteiger partial charge in [-0.15, -0.1) is 0 Å². The van der Waals surface area contributed by atoms with Gasteiger partial charge < -0.3 is 9.64 Å². The second kappa shape index (κ2) is 7.51. The first kappa shape index (κ1) is 18.0. The van der Waals surface area contributed by atoms with Crippen LogP contribution in [0.15, 0.2) is 24.3 Å². The van der Waals surface area contributed by atoms with Crippen LogP contribution in [0.2, 0.25) is 0 Å². The average Bonchev–Trinajstić information content (AvgIpc) is 3.01. The largest absolute Gasteiger partial charge is 0.497 e. The minimum absolute atomic E-state index is 0.0515. The molecule has 0 spiro atoms. The van der Waals surface area contributed by atoms with Crippen molar-refractivity contribution in [1.82, 2.24) is 9.03 Å². The van der Waals surface area contributed by atoms with Crippen LogP contribution in [0.4, 0.5) is 5.69 Å². The third-order valence-corrected chi connectivity index (χ3v) is 6.08. The molecule has 7 heteroatoms. The summed E-state index contributed by atoms with van der Waals surface area (Å²) in [5.74, 6) is 1.15. The number of nitrogens with one attached hydrogen (secondary N) is 1. The Morgan fingerprint density at radius 3 is 2.83 bits per heavy atom. The van der Waals surface area contributed by atoms with Gasteiger partial charge in [0.1, 0.15) is 5.75 Å². The maximum atomic E-state index is 12.1. The van der Waals surface area contributed by atoms with Crippen molar-refractivity contribution in [3.63, 3.8) is 0 Å². The Morgan fingerprint density at radius 1 is 1.43 bits per heavy atom. The van der Waals surface area contributed by atoms with Crippen LogP contribution in [-0.4, -0.2) is 52.6 Å². The van der Waals surface area contributed by atoms with Crippen LogP contribution in [0.25, 0.3) is 0 Å². The lowest BCUT2D eigenvalue weighted by molar-refractivity contribution is 0.398. The van der Waals surface area contributed by atoms with Gasteiger partial charge in [-0.2, -0.15) is 12.7 Å². The lowest BCUT2D eigenvalue weighted by Gasteiger charge is -2.23. The molecule has 1 atom stereocenters. The molecular weight excluding hydrogens is 314 g/mol. The number of benzene rings is 1. The molecule has 0 aliphatic carbocycles. The van der Waals surface area contributed by atoms with Gasteiger partial charge in [0.25, 0.3) is 10.2 Å². The molecule has 6 nitrogen and oxygen atoms in total. The Balaban J connectivity index is 1.90. The monoisotopic (exact) mass is 341 g/mol. The van der Waals surface area contributed by atoms with Crippen LogP contribution in [0, 0.1) is 5.92 Å². The summed E-state index contributed by atoms with van der Waals surface area (Å²) >= 11 is 0. The van der Waals surface area contributed by atoms with E-state index in [1.165, 1.54) is 4.31 Å². The molecule has 1 fully saturated rings. The van der Waals surface area contributed by atoms with Gasteiger partial charge in [0.15, 0.2) is 0 Å². The van der Waals surface area contributed by atoms with Gasteiger partial charge >= 0.3 is 0 Å². The number of methoxy groups -OCH3 is 1. The first-order valence-electron chi connectivity index (χ1n) is 7.95. The summed E-state index contributed by atoms with van der Waals surface area (Å²) < 4.78 is 33.6. The van der Waals surface area contributed by atoms with Gasteiger partial charge in [-0.1, -0.05) is 6.07 Å². The highest BCUT2D eigenvalue weighted by molar-refractivity contribution is 7.87. The molecule has 0 unspecified atom stereocenters. The molecule has 1 aliphatic heterocycles. The van der Waals surface area contributed by atoms with Crippen LogP contribution in [-0.2, 0) is 10.2 Å². The maximum absolute atomic E-state index is 12.1. The first-order valence-corrected chi connectivity index (χ1v) is 9.39. The van der Waals surface area contributed by atoms with Crippen molar-refractivity contribution < 1.29 is 13.2 Å². The zero-order valence-corrected chi connectivity index (χ0v) is 15.1. The molecule has 1 saturated heterocycles. The zero-order valence-electron chi connectivity index (χ0n) is 14.3. The molecule has 0 bridgehead atoms. The number of anilines is 1. The highest BCUT2D eigenvalue weighted by Crippen LogP contribution is 2.26. The molecule has 1 aromatic rings. The quantitative estimate of drug-likeness (QED) is 0.820. The van der Waals surface area contributed by atoms with Crippen molar-refractivity contribution in [3.8, 4) is 5.75 Å². The van der Waals surface area contributed by atoms with E-state index < -0.39 is 10.2 Å². The summed E-state index contributed by atoms with van der Waals surface area (Å²) in [5.41, 5.74) is 1.12. The van der Waals surface area contributed by atoms with E-state index in [2.05, 4.69) is 15.7 Å². The van der Waals surface area contributed by atoms with Crippen LogP contribution < -0.4 is 14.4 Å². The predicted molar refractivity (Wildman–Crippen MR) is 93.1 cm³/mol. The molecule has 0 amide bonds. The van der Waals surface area contributed by atoms with Gasteiger partial charge in [-0.05, 0) is 38.3 Å². The van der Waals surface area contributed by atoms with Gasteiger partial charge in [0.05, 0.1) is 7.11 Å². The van der Waals surface area contributed by atoms with E-state index in [0.717, 1.165) is 30.9 Å². The number of rotatable bonds is 7. The van der Waals surface area contributed by atoms with E-state index in [-0.39, 0.29) is 6.04 Å². The van der Waals surface area contributed by atoms with E-state index >= 15 is 0 Å². The summed E-state index contributed by atoms with van der Waals surface area (Å²) in [4.78, 5) is 2.27. The molecule has 0 radical (unpaired) electrons. The minimum Gasteiger partial charge on any atom is -0.497 e. The van der Waals surface area contributed by atoms with Gasteiger partial charge in [-0.3, -0.25) is 0 Å². The highest BCUT2D eigenvalue weighted by atomic mass is 32.2. The van der Waals surface area contributed by atoms with Gasteiger partial charge in [0.2, 0.25) is 0 Å². The molecule has 1 heterocycles. The van der Waals surface area contributed by atoms with E-state index in [1.807, 2.05) is 32.0 Å². The van der Waals surface area contributed by atoms with Crippen LogP contribution >= 0.6 is 0 Å². The van der Waals surface area contributed by atoms with Crippen LogP contribution in [0.1, 0.15) is 20.3 Å². The van der Waals surface area contributed by atoms with Crippen molar-refractivity contribution in [1.29, 1.82) is 0 Å². The lowest BCUT2D eigenvalue weighted by atomic mass is 10.1. The van der Waals surface area contributed by atoms with Crippen molar-refractivity contribution in [2.75, 3.05) is 38.7 Å². The van der Waals surface area contributed by atoms with Crippen molar-refractivity contribution in [2.24, 2.45) is 5.92 Å². The fraction of sp³-hybridized carbons (Fsp3) is 0.625. The standard InChI is InChI=1S/C16H27N3O3S/c1-13(2)18(3)23(20,21)17-11-14-8-9-19(12-14)15-6-5-7-16(10-15)22-4/h5-7,10,13-14,17H,8-9,11-12H2,1-4H3/t14-/m0/s1.